The first-order valence-electron chi connectivity index (χ1n) is 5.23. The topological polar surface area (TPSA) is 15.6 Å². The quantitative estimate of drug-likeness (QED) is 0.536. The predicted molar refractivity (Wildman–Crippen MR) is 68.5 cm³/mol. The Labute approximate surface area is 93.6 Å². The van der Waals surface area contributed by atoms with Crippen LogP contribution in [-0.4, -0.2) is 31.4 Å². The smallest absolute Gasteiger partial charge is 0.0846 e. The van der Waals surface area contributed by atoms with Crippen LogP contribution < -0.4 is 0 Å². The van der Waals surface area contributed by atoms with E-state index in [2.05, 4.69) is 42.8 Å². The molecule has 2 heteroatoms. The Morgan fingerprint density at radius 2 is 1.73 bits per heavy atom. The fourth-order valence-electron chi connectivity index (χ4n) is 0.850. The third-order valence-electron chi connectivity index (χ3n) is 2.05. The first-order valence-corrected chi connectivity index (χ1v) is 5.23. The molecule has 0 fully saturated rings. The molecule has 0 aromatic heterocycles. The van der Waals surface area contributed by atoms with Crippen molar-refractivity contribution in [3.8, 4) is 0 Å². The molecule has 1 aromatic carbocycles. The molecule has 0 saturated heterocycles. The zero-order valence-electron chi connectivity index (χ0n) is 10.4. The van der Waals surface area contributed by atoms with Crippen LogP contribution in [-0.2, 0) is 0 Å². The van der Waals surface area contributed by atoms with Gasteiger partial charge in [-0.3, -0.25) is 4.99 Å². The molecule has 0 aliphatic rings. The van der Waals surface area contributed by atoms with Gasteiger partial charge in [0.15, 0.2) is 0 Å². The summed E-state index contributed by atoms with van der Waals surface area (Å²) in [6, 6.07) is 10.8. The largest absolute Gasteiger partial charge is 0.364 e. The van der Waals surface area contributed by atoms with Gasteiger partial charge in [-0.1, -0.05) is 35.9 Å². The average molecular weight is 206 g/mol. The molecule has 0 N–H and O–H groups in total. The van der Waals surface area contributed by atoms with Crippen LogP contribution in [0.4, 0.5) is 0 Å². The van der Waals surface area contributed by atoms with Crippen LogP contribution in [0.15, 0.2) is 35.3 Å². The van der Waals surface area contributed by atoms with Crippen molar-refractivity contribution in [1.82, 2.24) is 4.90 Å². The van der Waals surface area contributed by atoms with Crippen LogP contribution >= 0.6 is 0 Å². The maximum atomic E-state index is 3.86. The maximum absolute atomic E-state index is 3.86. The Balaban J connectivity index is 0.000000262. The van der Waals surface area contributed by atoms with Crippen LogP contribution in [0.2, 0.25) is 0 Å². The summed E-state index contributed by atoms with van der Waals surface area (Å²) < 4.78 is 0. The van der Waals surface area contributed by atoms with Crippen molar-refractivity contribution in [2.45, 2.75) is 26.8 Å². The number of hydrogen-bond donors (Lipinski definition) is 0. The van der Waals surface area contributed by atoms with E-state index in [9.17, 15) is 0 Å². The fourth-order valence-corrected chi connectivity index (χ4v) is 0.850. The molecule has 1 aromatic rings. The number of rotatable bonds is 2. The summed E-state index contributed by atoms with van der Waals surface area (Å²) in [7, 11) is 3.79. The molecule has 0 unspecified atom stereocenters. The Morgan fingerprint density at radius 1 is 1.20 bits per heavy atom. The number of hydrogen-bond acceptors (Lipinski definition) is 1. The van der Waals surface area contributed by atoms with E-state index in [4.69, 9.17) is 0 Å². The van der Waals surface area contributed by atoms with Crippen LogP contribution in [0.3, 0.4) is 0 Å². The molecule has 0 radical (unpaired) electrons. The van der Waals surface area contributed by atoms with E-state index in [0.29, 0.717) is 6.04 Å². The molecule has 1 rings (SSSR count). The molecular formula is C13H22N2. The lowest BCUT2D eigenvalue weighted by atomic mass is 10.2. The van der Waals surface area contributed by atoms with E-state index < -0.39 is 0 Å². The lowest BCUT2D eigenvalue weighted by Gasteiger charge is -2.16. The van der Waals surface area contributed by atoms with E-state index in [1.54, 1.807) is 7.05 Å². The average Bonchev–Trinajstić information content (AvgIpc) is 2.20. The zero-order chi connectivity index (χ0) is 11.7. The number of aliphatic imine (C=N–C) groups is 1. The van der Waals surface area contributed by atoms with Gasteiger partial charge in [-0.2, -0.15) is 0 Å². The van der Waals surface area contributed by atoms with E-state index >= 15 is 0 Å². The van der Waals surface area contributed by atoms with Crippen LogP contribution in [0, 0.1) is 6.92 Å². The highest BCUT2D eigenvalue weighted by Crippen LogP contribution is 1.92. The second-order valence-electron chi connectivity index (χ2n) is 3.79. The minimum atomic E-state index is 0.554. The van der Waals surface area contributed by atoms with E-state index in [1.165, 1.54) is 5.56 Å². The molecule has 84 valence electrons. The molecule has 0 atom stereocenters. The first-order chi connectivity index (χ1) is 7.07. The maximum Gasteiger partial charge on any atom is 0.0846 e. The Bertz CT molecular complexity index is 265. The Morgan fingerprint density at radius 3 is 1.93 bits per heavy atom. The van der Waals surface area contributed by atoms with Gasteiger partial charge in [0.25, 0.3) is 0 Å². The molecule has 0 heterocycles. The van der Waals surface area contributed by atoms with Gasteiger partial charge >= 0.3 is 0 Å². The lowest BCUT2D eigenvalue weighted by molar-refractivity contribution is 0.429. The van der Waals surface area contributed by atoms with E-state index in [1.807, 2.05) is 31.6 Å². The summed E-state index contributed by atoms with van der Waals surface area (Å²) in [5, 5.41) is 0. The molecule has 2 nitrogen and oxygen atoms in total. The van der Waals surface area contributed by atoms with Crippen LogP contribution in [0.5, 0.6) is 0 Å². The van der Waals surface area contributed by atoms with Gasteiger partial charge in [0.1, 0.15) is 0 Å². The summed E-state index contributed by atoms with van der Waals surface area (Å²) >= 11 is 0. The molecule has 15 heavy (non-hydrogen) atoms. The monoisotopic (exact) mass is 206 g/mol. The zero-order valence-corrected chi connectivity index (χ0v) is 10.4. The molecular weight excluding hydrogens is 184 g/mol. The minimum absolute atomic E-state index is 0.554. The highest BCUT2D eigenvalue weighted by molar-refractivity contribution is 5.54. The molecule has 0 spiro atoms. The fraction of sp³-hybridized carbons (Fsp3) is 0.462. The number of nitrogens with zero attached hydrogens (tertiary/aromatic N) is 2. The van der Waals surface area contributed by atoms with Crippen molar-refractivity contribution in [2.24, 2.45) is 4.99 Å². The van der Waals surface area contributed by atoms with Gasteiger partial charge in [0, 0.05) is 20.1 Å². The van der Waals surface area contributed by atoms with Crippen molar-refractivity contribution in [3.05, 3.63) is 35.9 Å². The van der Waals surface area contributed by atoms with Gasteiger partial charge in [0.2, 0.25) is 0 Å². The lowest BCUT2D eigenvalue weighted by Crippen LogP contribution is -2.24. The minimum Gasteiger partial charge on any atom is -0.364 e. The van der Waals surface area contributed by atoms with Crippen molar-refractivity contribution in [3.63, 3.8) is 0 Å². The standard InChI is InChI=1S/C7H8.C6H14N2/c1-7-5-3-2-4-6-7;1-6(2)8(4)5-7-3/h2-6H,1H3;5-6H,1-4H3. The normalized spacial score (nSPS) is 10.0. The first kappa shape index (κ1) is 13.7. The SMILES string of the molecule is CN=CN(C)C(C)C.Cc1ccccc1. The summed E-state index contributed by atoms with van der Waals surface area (Å²) in [4.78, 5) is 5.91. The van der Waals surface area contributed by atoms with Gasteiger partial charge in [0.05, 0.1) is 6.34 Å². The van der Waals surface area contributed by atoms with Crippen LogP contribution in [0.1, 0.15) is 19.4 Å². The van der Waals surface area contributed by atoms with Gasteiger partial charge in [-0.25, -0.2) is 0 Å². The Kier molecular flexibility index (Phi) is 7.33. The van der Waals surface area contributed by atoms with Gasteiger partial charge in [-0.15, -0.1) is 0 Å². The van der Waals surface area contributed by atoms with Crippen LogP contribution in [0.25, 0.3) is 0 Å². The summed E-state index contributed by atoms with van der Waals surface area (Å²) in [6.45, 7) is 6.34. The summed E-state index contributed by atoms with van der Waals surface area (Å²) in [5.41, 5.74) is 1.32. The molecule has 0 amide bonds. The van der Waals surface area contributed by atoms with E-state index in [-0.39, 0.29) is 0 Å². The molecule has 0 aliphatic heterocycles. The number of aryl methyl sites for hydroxylation is 1. The van der Waals surface area contributed by atoms with Crippen molar-refractivity contribution in [2.75, 3.05) is 14.1 Å². The summed E-state index contributed by atoms with van der Waals surface area (Å²) in [6.07, 6.45) is 1.82. The van der Waals surface area contributed by atoms with Gasteiger partial charge < -0.3 is 4.90 Å². The third-order valence-corrected chi connectivity index (χ3v) is 2.05. The highest BCUT2D eigenvalue weighted by atomic mass is 15.1. The molecule has 0 aliphatic carbocycles. The molecule has 0 saturated carbocycles. The van der Waals surface area contributed by atoms with Crippen molar-refractivity contribution in [1.29, 1.82) is 0 Å². The second kappa shape index (κ2) is 8.04. The number of benzene rings is 1. The van der Waals surface area contributed by atoms with E-state index in [0.717, 1.165) is 0 Å². The third kappa shape index (κ3) is 7.74. The van der Waals surface area contributed by atoms with Crippen molar-refractivity contribution >= 4 is 6.34 Å². The summed E-state index contributed by atoms with van der Waals surface area (Å²) in [5.74, 6) is 0. The predicted octanol–water partition coefficient (Wildman–Crippen LogP) is 2.98. The second-order valence-corrected chi connectivity index (χ2v) is 3.79. The Hall–Kier alpha value is -1.31. The molecule has 0 bridgehead atoms. The van der Waals surface area contributed by atoms with Gasteiger partial charge in [-0.05, 0) is 20.8 Å². The van der Waals surface area contributed by atoms with Crippen molar-refractivity contribution < 1.29 is 0 Å². The highest BCUT2D eigenvalue weighted by Gasteiger charge is 1.93.